The predicted molar refractivity (Wildman–Crippen MR) is 36.2 cm³/mol. The molecule has 2 nitrogen and oxygen atoms in total. The Morgan fingerprint density at radius 3 is 2.75 bits per heavy atom. The Labute approximate surface area is 50.1 Å². The van der Waals surface area contributed by atoms with Crippen LogP contribution in [-0.2, 0) is 0 Å². The topological polar surface area (TPSA) is 35.9 Å². The maximum atomic E-state index is 6.99. The second kappa shape index (κ2) is 4.37. The summed E-state index contributed by atoms with van der Waals surface area (Å²) in [7, 11) is 1.84. The van der Waals surface area contributed by atoms with Gasteiger partial charge < -0.3 is 10.7 Å². The van der Waals surface area contributed by atoms with Crippen LogP contribution in [0.4, 0.5) is 0 Å². The van der Waals surface area contributed by atoms with Crippen molar-refractivity contribution in [3.63, 3.8) is 0 Å². The van der Waals surface area contributed by atoms with E-state index >= 15 is 0 Å². The maximum absolute atomic E-state index is 6.99. The van der Waals surface area contributed by atoms with E-state index in [1.807, 2.05) is 19.3 Å². The largest absolute Gasteiger partial charge is 0.394 e. The van der Waals surface area contributed by atoms with Gasteiger partial charge in [0.25, 0.3) is 0 Å². The monoisotopic (exact) mass is 112 g/mol. The first-order chi connectivity index (χ1) is 3.77. The summed E-state index contributed by atoms with van der Waals surface area (Å²) in [5.41, 5.74) is 0.691. The minimum Gasteiger partial charge on any atom is -0.394 e. The number of allylic oxidation sites excluding steroid dienone is 1. The SMILES string of the molecule is CN/C=C\CC(C)=N. The van der Waals surface area contributed by atoms with Crippen molar-refractivity contribution in [1.29, 1.82) is 5.41 Å². The van der Waals surface area contributed by atoms with Crippen LogP contribution in [-0.4, -0.2) is 12.8 Å². The van der Waals surface area contributed by atoms with Crippen molar-refractivity contribution in [2.45, 2.75) is 13.3 Å². The summed E-state index contributed by atoms with van der Waals surface area (Å²) in [4.78, 5) is 0. The lowest BCUT2D eigenvalue weighted by Crippen LogP contribution is -1.92. The zero-order valence-electron chi connectivity index (χ0n) is 5.36. The highest BCUT2D eigenvalue weighted by Gasteiger charge is 1.77. The Kier molecular flexibility index (Phi) is 3.94. The van der Waals surface area contributed by atoms with Crippen LogP contribution in [0.2, 0.25) is 0 Å². The molecule has 46 valence electrons. The van der Waals surface area contributed by atoms with Gasteiger partial charge in [0.1, 0.15) is 0 Å². The Balaban J connectivity index is 3.16. The molecule has 0 radical (unpaired) electrons. The quantitative estimate of drug-likeness (QED) is 0.528. The van der Waals surface area contributed by atoms with Gasteiger partial charge in [0.05, 0.1) is 0 Å². The molecule has 0 aliphatic heterocycles. The van der Waals surface area contributed by atoms with E-state index in [0.717, 1.165) is 6.42 Å². The molecule has 0 unspecified atom stereocenters. The minimum absolute atomic E-state index is 0.691. The highest BCUT2D eigenvalue weighted by molar-refractivity contribution is 5.79. The summed E-state index contributed by atoms with van der Waals surface area (Å²) in [6.07, 6.45) is 4.50. The van der Waals surface area contributed by atoms with Gasteiger partial charge in [-0.05, 0) is 13.1 Å². The molecule has 0 aromatic rings. The standard InChI is InChI=1S/C6H12N2/c1-6(7)4-3-5-8-2/h3,5,7-8H,4H2,1-2H3/b5-3-,7-6?. The first-order valence-electron chi connectivity index (χ1n) is 2.63. The summed E-state index contributed by atoms with van der Waals surface area (Å²) < 4.78 is 0. The zero-order valence-corrected chi connectivity index (χ0v) is 5.36. The van der Waals surface area contributed by atoms with Crippen LogP contribution in [0.3, 0.4) is 0 Å². The van der Waals surface area contributed by atoms with Crippen LogP contribution >= 0.6 is 0 Å². The zero-order chi connectivity index (χ0) is 6.41. The maximum Gasteiger partial charge on any atom is 0.00964 e. The van der Waals surface area contributed by atoms with Gasteiger partial charge in [0, 0.05) is 19.2 Å². The molecule has 0 saturated heterocycles. The van der Waals surface area contributed by atoms with Crippen molar-refractivity contribution < 1.29 is 0 Å². The summed E-state index contributed by atoms with van der Waals surface area (Å²) in [5.74, 6) is 0. The summed E-state index contributed by atoms with van der Waals surface area (Å²) in [6.45, 7) is 1.79. The average molecular weight is 112 g/mol. The molecule has 0 saturated carbocycles. The predicted octanol–water partition coefficient (Wildman–Crippen LogP) is 1.15. The molecule has 0 aliphatic rings. The lowest BCUT2D eigenvalue weighted by molar-refractivity contribution is 1.09. The third-order valence-corrected chi connectivity index (χ3v) is 0.709. The van der Waals surface area contributed by atoms with Gasteiger partial charge in [-0.3, -0.25) is 0 Å². The minimum atomic E-state index is 0.691. The van der Waals surface area contributed by atoms with Gasteiger partial charge in [-0.2, -0.15) is 0 Å². The van der Waals surface area contributed by atoms with Gasteiger partial charge >= 0.3 is 0 Å². The van der Waals surface area contributed by atoms with E-state index in [1.54, 1.807) is 6.92 Å². The summed E-state index contributed by atoms with van der Waals surface area (Å²) in [6, 6.07) is 0. The molecule has 0 bridgehead atoms. The fourth-order valence-corrected chi connectivity index (χ4v) is 0.354. The van der Waals surface area contributed by atoms with E-state index in [0.29, 0.717) is 5.71 Å². The second-order valence-corrected chi connectivity index (χ2v) is 1.68. The van der Waals surface area contributed by atoms with E-state index in [2.05, 4.69) is 5.32 Å². The highest BCUT2D eigenvalue weighted by Crippen LogP contribution is 1.81. The van der Waals surface area contributed by atoms with Crippen LogP contribution in [0, 0.1) is 5.41 Å². The molecular weight excluding hydrogens is 100 g/mol. The molecule has 2 heteroatoms. The van der Waals surface area contributed by atoms with Crippen LogP contribution in [0.5, 0.6) is 0 Å². The normalized spacial score (nSPS) is 9.75. The van der Waals surface area contributed by atoms with Crippen LogP contribution in [0.25, 0.3) is 0 Å². The fraction of sp³-hybridized carbons (Fsp3) is 0.500. The Hall–Kier alpha value is -0.790. The van der Waals surface area contributed by atoms with Crippen molar-refractivity contribution in [1.82, 2.24) is 5.32 Å². The lowest BCUT2D eigenvalue weighted by atomic mass is 10.3. The van der Waals surface area contributed by atoms with E-state index < -0.39 is 0 Å². The van der Waals surface area contributed by atoms with Crippen molar-refractivity contribution in [2.24, 2.45) is 0 Å². The van der Waals surface area contributed by atoms with Gasteiger partial charge in [-0.25, -0.2) is 0 Å². The molecule has 0 aliphatic carbocycles. The smallest absolute Gasteiger partial charge is 0.00964 e. The fourth-order valence-electron chi connectivity index (χ4n) is 0.354. The molecule has 0 aromatic carbocycles. The van der Waals surface area contributed by atoms with Crippen molar-refractivity contribution in [3.05, 3.63) is 12.3 Å². The van der Waals surface area contributed by atoms with Crippen LogP contribution in [0.1, 0.15) is 13.3 Å². The van der Waals surface area contributed by atoms with Gasteiger partial charge in [0.15, 0.2) is 0 Å². The number of hydrogen-bond acceptors (Lipinski definition) is 2. The van der Waals surface area contributed by atoms with E-state index in [1.165, 1.54) is 0 Å². The molecule has 0 rings (SSSR count). The van der Waals surface area contributed by atoms with Crippen molar-refractivity contribution >= 4 is 5.71 Å². The highest BCUT2D eigenvalue weighted by atomic mass is 14.8. The van der Waals surface area contributed by atoms with Gasteiger partial charge in [0.2, 0.25) is 0 Å². The summed E-state index contributed by atoms with van der Waals surface area (Å²) >= 11 is 0. The third kappa shape index (κ3) is 5.21. The van der Waals surface area contributed by atoms with Crippen LogP contribution < -0.4 is 5.32 Å². The molecule has 2 N–H and O–H groups in total. The van der Waals surface area contributed by atoms with E-state index in [4.69, 9.17) is 5.41 Å². The molecule has 0 atom stereocenters. The Morgan fingerprint density at radius 1 is 1.75 bits per heavy atom. The second-order valence-electron chi connectivity index (χ2n) is 1.68. The number of hydrogen-bond donors (Lipinski definition) is 2. The average Bonchev–Trinajstić information content (AvgIpc) is 1.66. The molecule has 0 amide bonds. The Morgan fingerprint density at radius 2 is 2.38 bits per heavy atom. The van der Waals surface area contributed by atoms with Crippen molar-refractivity contribution in [3.8, 4) is 0 Å². The first kappa shape index (κ1) is 7.21. The number of rotatable bonds is 3. The molecule has 0 aromatic heterocycles. The summed E-state index contributed by atoms with van der Waals surface area (Å²) in [5, 5.41) is 9.84. The van der Waals surface area contributed by atoms with Crippen LogP contribution in [0.15, 0.2) is 12.3 Å². The molecule has 8 heavy (non-hydrogen) atoms. The molecular formula is C6H12N2. The van der Waals surface area contributed by atoms with Gasteiger partial charge in [-0.15, -0.1) is 0 Å². The Bertz CT molecular complexity index is 94.7. The first-order valence-corrected chi connectivity index (χ1v) is 2.63. The number of nitrogens with one attached hydrogen (secondary N) is 2. The van der Waals surface area contributed by atoms with Gasteiger partial charge in [-0.1, -0.05) is 6.08 Å². The lowest BCUT2D eigenvalue weighted by Gasteiger charge is -1.86. The molecule has 0 fully saturated rings. The van der Waals surface area contributed by atoms with Crippen molar-refractivity contribution in [2.75, 3.05) is 7.05 Å². The van der Waals surface area contributed by atoms with E-state index in [9.17, 15) is 0 Å². The molecule has 0 heterocycles. The molecule has 0 spiro atoms. The van der Waals surface area contributed by atoms with E-state index in [-0.39, 0.29) is 0 Å². The third-order valence-electron chi connectivity index (χ3n) is 0.709.